The number of benzene rings is 2. The number of urea groups is 1. The number of nitrogens with zero attached hydrogens (tertiary/aromatic N) is 2. The number of ether oxygens (including phenoxy) is 2. The molecule has 1 aliphatic heterocycles. The Bertz CT molecular complexity index is 1000. The van der Waals surface area contributed by atoms with Gasteiger partial charge in [-0.2, -0.15) is 0 Å². The fraction of sp³-hybridized carbons (Fsp3) is 0.500. The first kappa shape index (κ1) is 27.5. The van der Waals surface area contributed by atoms with Crippen LogP contribution in [0.3, 0.4) is 0 Å². The van der Waals surface area contributed by atoms with Gasteiger partial charge in [0.15, 0.2) is 0 Å². The predicted octanol–water partition coefficient (Wildman–Crippen LogP) is 4.22. The molecule has 0 fully saturated rings. The van der Waals surface area contributed by atoms with Crippen molar-refractivity contribution >= 4 is 17.6 Å². The smallest absolute Gasteiger partial charge is 0.319 e. The van der Waals surface area contributed by atoms with Crippen LogP contribution in [0.2, 0.25) is 0 Å². The van der Waals surface area contributed by atoms with E-state index < -0.39 is 0 Å². The second kappa shape index (κ2) is 13.3. The number of amides is 3. The summed E-state index contributed by atoms with van der Waals surface area (Å²) in [4.78, 5) is 29.7. The summed E-state index contributed by atoms with van der Waals surface area (Å²) < 4.78 is 12.1. The second-order valence-electron chi connectivity index (χ2n) is 9.60. The van der Waals surface area contributed by atoms with E-state index in [2.05, 4.69) is 53.6 Å². The average molecular weight is 497 g/mol. The molecule has 2 aromatic rings. The summed E-state index contributed by atoms with van der Waals surface area (Å²) in [5, 5.41) is 5.60. The standard InChI is InChI=1S/C28H40N4O4/c1-6-14-29-28(34)30-23-12-13-25-24(15-23)27(33)31(4)18-26(35-5)20(2)16-32(21(3)19-36-25)17-22-10-8-7-9-11-22/h7-13,15,20-21,26H,6,14,16-19H2,1-5H3,(H2,29,30,34)/t20-,21-,26+/m1/s1. The molecule has 3 amide bonds. The number of hydrogen-bond donors (Lipinski definition) is 2. The van der Waals surface area contributed by atoms with E-state index >= 15 is 0 Å². The first-order valence-corrected chi connectivity index (χ1v) is 12.7. The quantitative estimate of drug-likeness (QED) is 0.626. The number of likely N-dealkylation sites (N-methyl/N-ethyl adjacent to an activating group) is 1. The van der Waals surface area contributed by atoms with Crippen LogP contribution in [0.15, 0.2) is 48.5 Å². The fourth-order valence-corrected chi connectivity index (χ4v) is 4.38. The van der Waals surface area contributed by atoms with Gasteiger partial charge in [-0.3, -0.25) is 9.69 Å². The van der Waals surface area contributed by atoms with Crippen molar-refractivity contribution in [3.05, 3.63) is 59.7 Å². The molecule has 36 heavy (non-hydrogen) atoms. The number of anilines is 1. The van der Waals surface area contributed by atoms with Gasteiger partial charge in [0, 0.05) is 52.1 Å². The van der Waals surface area contributed by atoms with Gasteiger partial charge >= 0.3 is 6.03 Å². The van der Waals surface area contributed by atoms with Crippen LogP contribution < -0.4 is 15.4 Å². The molecule has 0 saturated heterocycles. The van der Waals surface area contributed by atoms with Crippen molar-refractivity contribution in [3.63, 3.8) is 0 Å². The Labute approximate surface area is 214 Å². The molecular weight excluding hydrogens is 456 g/mol. The summed E-state index contributed by atoms with van der Waals surface area (Å²) in [5.74, 6) is 0.511. The molecule has 3 rings (SSSR count). The molecule has 0 saturated carbocycles. The van der Waals surface area contributed by atoms with E-state index in [1.807, 2.05) is 13.0 Å². The molecule has 0 unspecified atom stereocenters. The van der Waals surface area contributed by atoms with E-state index in [0.717, 1.165) is 19.5 Å². The SMILES string of the molecule is CCCNC(=O)Nc1ccc2c(c1)C(=O)N(C)C[C@H](OC)[C@H](C)CN(Cc1ccccc1)[C@H](C)CO2. The van der Waals surface area contributed by atoms with Gasteiger partial charge in [-0.25, -0.2) is 4.79 Å². The van der Waals surface area contributed by atoms with Gasteiger partial charge in [0.2, 0.25) is 0 Å². The van der Waals surface area contributed by atoms with E-state index in [-0.39, 0.29) is 30.0 Å². The number of carbonyl (C=O) groups is 2. The summed E-state index contributed by atoms with van der Waals surface area (Å²) in [6.07, 6.45) is 0.710. The molecule has 2 aromatic carbocycles. The lowest BCUT2D eigenvalue weighted by Crippen LogP contribution is -2.46. The normalized spacial score (nSPS) is 21.5. The maximum Gasteiger partial charge on any atom is 0.319 e. The summed E-state index contributed by atoms with van der Waals surface area (Å²) in [6, 6.07) is 15.4. The number of nitrogens with one attached hydrogen (secondary N) is 2. The van der Waals surface area contributed by atoms with Crippen molar-refractivity contribution in [1.82, 2.24) is 15.1 Å². The molecule has 0 bridgehead atoms. The lowest BCUT2D eigenvalue weighted by Gasteiger charge is -2.36. The van der Waals surface area contributed by atoms with Gasteiger partial charge in [0.1, 0.15) is 12.4 Å². The molecule has 0 radical (unpaired) electrons. The van der Waals surface area contributed by atoms with Gasteiger partial charge in [-0.15, -0.1) is 0 Å². The second-order valence-corrected chi connectivity index (χ2v) is 9.60. The Morgan fingerprint density at radius 1 is 1.14 bits per heavy atom. The number of rotatable bonds is 6. The molecule has 3 atom stereocenters. The third kappa shape index (κ3) is 7.45. The van der Waals surface area contributed by atoms with Crippen LogP contribution in [0.1, 0.15) is 43.1 Å². The predicted molar refractivity (Wildman–Crippen MR) is 142 cm³/mol. The van der Waals surface area contributed by atoms with Crippen molar-refractivity contribution < 1.29 is 19.1 Å². The molecule has 196 valence electrons. The molecular formula is C28H40N4O4. The van der Waals surface area contributed by atoms with E-state index in [9.17, 15) is 9.59 Å². The molecule has 1 aliphatic rings. The zero-order valence-electron chi connectivity index (χ0n) is 22.1. The molecule has 8 heteroatoms. The highest BCUT2D eigenvalue weighted by Crippen LogP contribution is 2.27. The lowest BCUT2D eigenvalue weighted by atomic mass is 10.0. The third-order valence-electron chi connectivity index (χ3n) is 6.60. The average Bonchev–Trinajstić information content (AvgIpc) is 2.88. The summed E-state index contributed by atoms with van der Waals surface area (Å²) in [6.45, 7) is 9.34. The van der Waals surface area contributed by atoms with Crippen molar-refractivity contribution in [1.29, 1.82) is 0 Å². The monoisotopic (exact) mass is 496 g/mol. The Balaban J connectivity index is 1.89. The van der Waals surface area contributed by atoms with E-state index in [1.165, 1.54) is 5.56 Å². The number of fused-ring (bicyclic) bond motifs is 1. The molecule has 2 N–H and O–H groups in total. The number of methoxy groups -OCH3 is 1. The van der Waals surface area contributed by atoms with E-state index in [0.29, 0.717) is 36.7 Å². The highest BCUT2D eigenvalue weighted by atomic mass is 16.5. The van der Waals surface area contributed by atoms with Crippen LogP contribution in [-0.4, -0.2) is 74.3 Å². The van der Waals surface area contributed by atoms with Crippen molar-refractivity contribution in [2.75, 3.05) is 45.7 Å². The Morgan fingerprint density at radius 2 is 1.89 bits per heavy atom. The molecule has 0 spiro atoms. The summed E-state index contributed by atoms with van der Waals surface area (Å²) >= 11 is 0. The third-order valence-corrected chi connectivity index (χ3v) is 6.60. The molecule has 0 aromatic heterocycles. The van der Waals surface area contributed by atoms with Crippen molar-refractivity contribution in [3.8, 4) is 5.75 Å². The summed E-state index contributed by atoms with van der Waals surface area (Å²) in [5.41, 5.74) is 2.19. The highest BCUT2D eigenvalue weighted by Gasteiger charge is 2.28. The first-order chi connectivity index (χ1) is 17.3. The minimum Gasteiger partial charge on any atom is -0.491 e. The molecule has 0 aliphatic carbocycles. The Hall–Kier alpha value is -3.10. The largest absolute Gasteiger partial charge is 0.491 e. The van der Waals surface area contributed by atoms with Gasteiger partial charge in [0.25, 0.3) is 5.91 Å². The lowest BCUT2D eigenvalue weighted by molar-refractivity contribution is 0.00921. The maximum absolute atomic E-state index is 13.5. The molecule has 1 heterocycles. The van der Waals surface area contributed by atoms with E-state index in [4.69, 9.17) is 9.47 Å². The maximum atomic E-state index is 13.5. The van der Waals surface area contributed by atoms with Crippen LogP contribution >= 0.6 is 0 Å². The zero-order chi connectivity index (χ0) is 26.1. The van der Waals surface area contributed by atoms with Gasteiger partial charge in [-0.1, -0.05) is 44.2 Å². The minimum absolute atomic E-state index is 0.0999. The number of carbonyl (C=O) groups excluding carboxylic acids is 2. The topological polar surface area (TPSA) is 83.1 Å². The summed E-state index contributed by atoms with van der Waals surface area (Å²) in [7, 11) is 3.47. The van der Waals surface area contributed by atoms with E-state index in [1.54, 1.807) is 37.3 Å². The fourth-order valence-electron chi connectivity index (χ4n) is 4.38. The number of hydrogen-bond acceptors (Lipinski definition) is 5. The van der Waals surface area contributed by atoms with Gasteiger partial charge in [0.05, 0.1) is 11.7 Å². The van der Waals surface area contributed by atoms with Gasteiger partial charge < -0.3 is 25.0 Å². The zero-order valence-corrected chi connectivity index (χ0v) is 22.1. The van der Waals surface area contributed by atoms with Crippen molar-refractivity contribution in [2.45, 2.75) is 45.9 Å². The Morgan fingerprint density at radius 3 is 2.58 bits per heavy atom. The van der Waals surface area contributed by atoms with Crippen LogP contribution in [0.4, 0.5) is 10.5 Å². The minimum atomic E-state index is -0.301. The first-order valence-electron chi connectivity index (χ1n) is 12.7. The van der Waals surface area contributed by atoms with Crippen LogP contribution in [0.25, 0.3) is 0 Å². The van der Waals surface area contributed by atoms with Crippen LogP contribution in [0, 0.1) is 5.92 Å². The molecule has 8 nitrogen and oxygen atoms in total. The van der Waals surface area contributed by atoms with Crippen LogP contribution in [0.5, 0.6) is 5.75 Å². The van der Waals surface area contributed by atoms with Crippen molar-refractivity contribution in [2.24, 2.45) is 5.92 Å². The van der Waals surface area contributed by atoms with Gasteiger partial charge in [-0.05, 0) is 43.0 Å². The van der Waals surface area contributed by atoms with Crippen LogP contribution in [-0.2, 0) is 11.3 Å². The Kier molecular flexibility index (Phi) is 10.1. The highest BCUT2D eigenvalue weighted by molar-refractivity contribution is 5.99.